The van der Waals surface area contributed by atoms with Crippen molar-refractivity contribution >= 4 is 28.3 Å². The number of ketones is 1. The highest BCUT2D eigenvalue weighted by Gasteiger charge is 2.31. The number of fused-ring (bicyclic) bond motifs is 1. The van der Waals surface area contributed by atoms with Crippen LogP contribution in [-0.4, -0.2) is 47.8 Å². The lowest BCUT2D eigenvalue weighted by Gasteiger charge is -2.34. The van der Waals surface area contributed by atoms with Gasteiger partial charge in [0.2, 0.25) is 5.91 Å². The van der Waals surface area contributed by atoms with Crippen molar-refractivity contribution in [3.63, 3.8) is 0 Å². The highest BCUT2D eigenvalue weighted by atomic mass is 16.5. The molecule has 4 rings (SSSR count). The minimum absolute atomic E-state index is 0.00904. The first-order valence-corrected chi connectivity index (χ1v) is 10.4. The van der Waals surface area contributed by atoms with E-state index in [4.69, 9.17) is 4.74 Å². The van der Waals surface area contributed by atoms with Crippen LogP contribution in [-0.2, 0) is 4.79 Å². The summed E-state index contributed by atoms with van der Waals surface area (Å²) in [5.74, 6) is 0.710. The number of piperidine rings is 1. The van der Waals surface area contributed by atoms with Crippen molar-refractivity contribution < 1.29 is 14.3 Å². The van der Waals surface area contributed by atoms with E-state index in [-0.39, 0.29) is 23.7 Å². The number of aromatic amines is 1. The molecule has 1 fully saturated rings. The van der Waals surface area contributed by atoms with Crippen LogP contribution in [0.15, 0.2) is 54.7 Å². The van der Waals surface area contributed by atoms with Gasteiger partial charge in [0, 0.05) is 28.6 Å². The molecule has 0 spiro atoms. The molecular weight excluding hydrogens is 378 g/mol. The fourth-order valence-corrected chi connectivity index (χ4v) is 4.20. The number of ether oxygens (including phenoxy) is 1. The van der Waals surface area contributed by atoms with Crippen LogP contribution in [0.3, 0.4) is 0 Å². The third kappa shape index (κ3) is 3.96. The van der Waals surface area contributed by atoms with Crippen LogP contribution in [0.1, 0.15) is 30.1 Å². The summed E-state index contributed by atoms with van der Waals surface area (Å²) in [4.78, 5) is 31.2. The molecule has 156 valence electrons. The number of hydrogen-bond donors (Lipinski definition) is 2. The Morgan fingerprint density at radius 3 is 2.57 bits per heavy atom. The smallest absolute Gasteiger partial charge is 0.227 e. The van der Waals surface area contributed by atoms with E-state index >= 15 is 0 Å². The fraction of sp³-hybridized carbons (Fsp3) is 0.333. The zero-order chi connectivity index (χ0) is 21.1. The van der Waals surface area contributed by atoms with Gasteiger partial charge < -0.3 is 15.0 Å². The van der Waals surface area contributed by atoms with E-state index < -0.39 is 0 Å². The van der Waals surface area contributed by atoms with Crippen molar-refractivity contribution in [2.75, 3.05) is 25.5 Å². The number of para-hydroxylation sites is 3. The van der Waals surface area contributed by atoms with E-state index in [2.05, 4.69) is 15.2 Å². The summed E-state index contributed by atoms with van der Waals surface area (Å²) in [5, 5.41) is 3.95. The molecular formula is C24H27N3O3. The van der Waals surface area contributed by atoms with Crippen molar-refractivity contribution in [2.24, 2.45) is 5.92 Å². The van der Waals surface area contributed by atoms with Crippen LogP contribution in [0.25, 0.3) is 10.9 Å². The van der Waals surface area contributed by atoms with E-state index in [9.17, 15) is 9.59 Å². The normalized spacial score (nSPS) is 16.3. The number of Topliss-reactive ketones (excluding diaryl/α,β-unsaturated/α-hetero) is 1. The Morgan fingerprint density at radius 1 is 1.10 bits per heavy atom. The molecule has 0 saturated carbocycles. The van der Waals surface area contributed by atoms with Gasteiger partial charge in [0.05, 0.1) is 18.8 Å². The number of likely N-dealkylation sites (tertiary alicyclic amines) is 1. The maximum atomic E-state index is 13.1. The number of hydrogen-bond acceptors (Lipinski definition) is 4. The van der Waals surface area contributed by atoms with Crippen molar-refractivity contribution in [1.82, 2.24) is 9.88 Å². The SMILES string of the molecule is COc1ccccc1NC(=O)C1CCN(C(C)C(=O)c2c[nH]c3ccccc23)CC1. The second kappa shape index (κ2) is 8.71. The number of methoxy groups -OCH3 is 1. The molecule has 1 unspecified atom stereocenters. The lowest BCUT2D eigenvalue weighted by Crippen LogP contribution is -2.45. The first-order valence-electron chi connectivity index (χ1n) is 10.4. The quantitative estimate of drug-likeness (QED) is 0.606. The minimum Gasteiger partial charge on any atom is -0.495 e. The molecule has 1 amide bonds. The Kier molecular flexibility index (Phi) is 5.86. The van der Waals surface area contributed by atoms with Crippen molar-refractivity contribution in [3.05, 3.63) is 60.3 Å². The molecule has 2 N–H and O–H groups in total. The number of nitrogens with one attached hydrogen (secondary N) is 2. The molecule has 2 heterocycles. The van der Waals surface area contributed by atoms with Crippen LogP contribution >= 0.6 is 0 Å². The predicted molar refractivity (Wildman–Crippen MR) is 118 cm³/mol. The lowest BCUT2D eigenvalue weighted by molar-refractivity contribution is -0.121. The molecule has 1 saturated heterocycles. The van der Waals surface area contributed by atoms with E-state index in [0.717, 1.165) is 42.4 Å². The Balaban J connectivity index is 1.37. The van der Waals surface area contributed by atoms with E-state index in [0.29, 0.717) is 11.4 Å². The monoisotopic (exact) mass is 405 g/mol. The van der Waals surface area contributed by atoms with Crippen molar-refractivity contribution in [2.45, 2.75) is 25.8 Å². The summed E-state index contributed by atoms with van der Waals surface area (Å²) in [5.41, 5.74) is 2.39. The van der Waals surface area contributed by atoms with Crippen LogP contribution < -0.4 is 10.1 Å². The minimum atomic E-state index is -0.220. The standard InChI is InChI=1S/C24H27N3O3/c1-16(23(28)19-15-25-20-8-4-3-7-18(19)20)27-13-11-17(12-14-27)24(29)26-21-9-5-6-10-22(21)30-2/h3-10,15-17,25H,11-14H2,1-2H3,(H,26,29). The number of anilines is 1. The highest BCUT2D eigenvalue weighted by molar-refractivity contribution is 6.10. The Morgan fingerprint density at radius 2 is 1.80 bits per heavy atom. The Labute approximate surface area is 176 Å². The van der Waals surface area contributed by atoms with Crippen LogP contribution in [0.4, 0.5) is 5.69 Å². The number of nitrogens with zero attached hydrogens (tertiary/aromatic N) is 1. The van der Waals surface area contributed by atoms with Gasteiger partial charge in [-0.2, -0.15) is 0 Å². The summed E-state index contributed by atoms with van der Waals surface area (Å²) in [6.45, 7) is 3.40. The predicted octanol–water partition coefficient (Wildman–Crippen LogP) is 4.10. The topological polar surface area (TPSA) is 74.4 Å². The molecule has 0 radical (unpaired) electrons. The maximum Gasteiger partial charge on any atom is 0.227 e. The number of amides is 1. The van der Waals surface area contributed by atoms with E-state index in [1.165, 1.54) is 0 Å². The number of carbonyl (C=O) groups excluding carboxylic acids is 2. The van der Waals surface area contributed by atoms with Gasteiger partial charge in [0.15, 0.2) is 5.78 Å². The summed E-state index contributed by atoms with van der Waals surface area (Å²) in [6.07, 6.45) is 3.26. The fourth-order valence-electron chi connectivity index (χ4n) is 4.20. The molecule has 1 aromatic heterocycles. The summed E-state index contributed by atoms with van der Waals surface area (Å²) in [6, 6.07) is 15.0. The molecule has 1 atom stereocenters. The average molecular weight is 405 g/mol. The molecule has 3 aromatic rings. The molecule has 1 aliphatic heterocycles. The Bertz CT molecular complexity index is 1050. The number of benzene rings is 2. The molecule has 6 nitrogen and oxygen atoms in total. The number of aromatic nitrogens is 1. The van der Waals surface area contributed by atoms with Gasteiger partial charge in [0.25, 0.3) is 0 Å². The van der Waals surface area contributed by atoms with Crippen LogP contribution in [0, 0.1) is 5.92 Å². The largest absolute Gasteiger partial charge is 0.495 e. The van der Waals surface area contributed by atoms with Crippen molar-refractivity contribution in [3.8, 4) is 5.75 Å². The summed E-state index contributed by atoms with van der Waals surface area (Å²) >= 11 is 0. The zero-order valence-corrected chi connectivity index (χ0v) is 17.4. The van der Waals surface area contributed by atoms with Gasteiger partial charge in [-0.3, -0.25) is 14.5 Å². The van der Waals surface area contributed by atoms with Gasteiger partial charge in [-0.1, -0.05) is 30.3 Å². The molecule has 0 aliphatic carbocycles. The van der Waals surface area contributed by atoms with Crippen molar-refractivity contribution in [1.29, 1.82) is 0 Å². The third-order valence-electron chi connectivity index (χ3n) is 6.05. The zero-order valence-electron chi connectivity index (χ0n) is 17.4. The lowest BCUT2D eigenvalue weighted by atomic mass is 9.93. The molecule has 0 bridgehead atoms. The van der Waals surface area contributed by atoms with Gasteiger partial charge >= 0.3 is 0 Å². The Hall–Kier alpha value is -3.12. The van der Waals surface area contributed by atoms with Crippen LogP contribution in [0.5, 0.6) is 5.75 Å². The third-order valence-corrected chi connectivity index (χ3v) is 6.05. The number of rotatable bonds is 6. The van der Waals surface area contributed by atoms with Gasteiger partial charge in [-0.25, -0.2) is 0 Å². The second-order valence-corrected chi connectivity index (χ2v) is 7.79. The van der Waals surface area contributed by atoms with Gasteiger partial charge in [0.1, 0.15) is 5.75 Å². The van der Waals surface area contributed by atoms with Crippen LogP contribution in [0.2, 0.25) is 0 Å². The molecule has 30 heavy (non-hydrogen) atoms. The molecule has 6 heteroatoms. The molecule has 2 aromatic carbocycles. The number of H-pyrrole nitrogens is 1. The average Bonchev–Trinajstić information content (AvgIpc) is 3.22. The maximum absolute atomic E-state index is 13.1. The van der Waals surface area contributed by atoms with Gasteiger partial charge in [-0.05, 0) is 51.1 Å². The first-order chi connectivity index (χ1) is 14.6. The van der Waals surface area contributed by atoms with E-state index in [1.807, 2.05) is 55.5 Å². The summed E-state index contributed by atoms with van der Waals surface area (Å²) < 4.78 is 5.31. The molecule has 1 aliphatic rings. The van der Waals surface area contributed by atoms with Gasteiger partial charge in [-0.15, -0.1) is 0 Å². The summed E-state index contributed by atoms with van der Waals surface area (Å²) in [7, 11) is 1.59. The highest BCUT2D eigenvalue weighted by Crippen LogP contribution is 2.27. The van der Waals surface area contributed by atoms with E-state index in [1.54, 1.807) is 13.3 Å². The first kappa shape index (κ1) is 20.2. The number of carbonyl (C=O) groups is 2. The second-order valence-electron chi connectivity index (χ2n) is 7.79.